The highest BCUT2D eigenvalue weighted by atomic mass is 16.4. The zero-order chi connectivity index (χ0) is 9.52. The summed E-state index contributed by atoms with van der Waals surface area (Å²) >= 11 is 0. The van der Waals surface area contributed by atoms with Crippen LogP contribution in [0.5, 0.6) is 0 Å². The van der Waals surface area contributed by atoms with Crippen LogP contribution in [0.1, 0.15) is 44.9 Å². The number of unbranched alkanes of at least 4 members (excludes halogenated alkanes) is 1. The van der Waals surface area contributed by atoms with Gasteiger partial charge in [-0.1, -0.05) is 12.8 Å². The first-order valence-electron chi connectivity index (χ1n) is 5.24. The molecule has 3 nitrogen and oxygen atoms in total. The van der Waals surface area contributed by atoms with Crippen LogP contribution >= 0.6 is 0 Å². The Morgan fingerprint density at radius 2 is 2.23 bits per heavy atom. The maximum atomic E-state index is 10.2. The highest BCUT2D eigenvalue weighted by molar-refractivity contribution is 5.66. The van der Waals surface area contributed by atoms with Gasteiger partial charge in [0.1, 0.15) is 0 Å². The van der Waals surface area contributed by atoms with Gasteiger partial charge in [0.25, 0.3) is 0 Å². The normalized spacial score (nSPS) is 22.9. The number of hydrogen-bond donors (Lipinski definition) is 2. The molecule has 1 aliphatic heterocycles. The number of hydrogen-bond acceptors (Lipinski definition) is 2. The molecule has 1 atom stereocenters. The van der Waals surface area contributed by atoms with Crippen molar-refractivity contribution in [2.45, 2.75) is 51.0 Å². The molecule has 3 heteroatoms. The topological polar surface area (TPSA) is 49.3 Å². The van der Waals surface area contributed by atoms with Gasteiger partial charge in [0, 0.05) is 12.5 Å². The molecule has 0 aliphatic carbocycles. The molecule has 0 aromatic carbocycles. The first kappa shape index (κ1) is 10.5. The lowest BCUT2D eigenvalue weighted by Gasteiger charge is -2.23. The third kappa shape index (κ3) is 4.88. The number of aliphatic carboxylic acids is 1. The summed E-state index contributed by atoms with van der Waals surface area (Å²) in [5.41, 5.74) is 0. The smallest absolute Gasteiger partial charge is 0.303 e. The largest absolute Gasteiger partial charge is 0.481 e. The molecule has 76 valence electrons. The van der Waals surface area contributed by atoms with E-state index in [9.17, 15) is 4.79 Å². The van der Waals surface area contributed by atoms with Crippen molar-refractivity contribution in [3.63, 3.8) is 0 Å². The van der Waals surface area contributed by atoms with Crippen molar-refractivity contribution in [2.24, 2.45) is 0 Å². The van der Waals surface area contributed by atoms with Crippen molar-refractivity contribution in [1.29, 1.82) is 0 Å². The van der Waals surface area contributed by atoms with Crippen LogP contribution < -0.4 is 5.32 Å². The Morgan fingerprint density at radius 1 is 1.38 bits per heavy atom. The Balaban J connectivity index is 1.95. The van der Waals surface area contributed by atoms with Gasteiger partial charge in [-0.05, 0) is 32.2 Å². The summed E-state index contributed by atoms with van der Waals surface area (Å²) < 4.78 is 0. The molecule has 13 heavy (non-hydrogen) atoms. The molecule has 1 fully saturated rings. The van der Waals surface area contributed by atoms with Crippen molar-refractivity contribution >= 4 is 5.97 Å². The molecule has 0 aromatic rings. The zero-order valence-corrected chi connectivity index (χ0v) is 8.09. The van der Waals surface area contributed by atoms with Crippen LogP contribution in [0, 0.1) is 0 Å². The van der Waals surface area contributed by atoms with E-state index in [4.69, 9.17) is 5.11 Å². The second kappa shape index (κ2) is 5.97. The predicted molar refractivity (Wildman–Crippen MR) is 51.7 cm³/mol. The van der Waals surface area contributed by atoms with Crippen molar-refractivity contribution in [1.82, 2.24) is 5.32 Å². The van der Waals surface area contributed by atoms with E-state index in [0.29, 0.717) is 12.5 Å². The van der Waals surface area contributed by atoms with E-state index >= 15 is 0 Å². The van der Waals surface area contributed by atoms with Gasteiger partial charge in [-0.25, -0.2) is 0 Å². The van der Waals surface area contributed by atoms with Gasteiger partial charge in [0.05, 0.1) is 0 Å². The zero-order valence-electron chi connectivity index (χ0n) is 8.09. The first-order chi connectivity index (χ1) is 6.29. The molecular weight excluding hydrogens is 166 g/mol. The molecule has 1 unspecified atom stereocenters. The van der Waals surface area contributed by atoms with E-state index in [-0.39, 0.29) is 0 Å². The van der Waals surface area contributed by atoms with E-state index in [0.717, 1.165) is 25.8 Å². The van der Waals surface area contributed by atoms with Gasteiger partial charge in [-0.3, -0.25) is 4.79 Å². The third-order valence-corrected chi connectivity index (χ3v) is 2.61. The minimum Gasteiger partial charge on any atom is -0.481 e. The average Bonchev–Trinajstić information content (AvgIpc) is 2.14. The fourth-order valence-corrected chi connectivity index (χ4v) is 1.84. The number of carbonyl (C=O) groups is 1. The number of piperidine rings is 1. The van der Waals surface area contributed by atoms with Crippen molar-refractivity contribution in [3.05, 3.63) is 0 Å². The molecule has 1 saturated heterocycles. The van der Waals surface area contributed by atoms with E-state index in [2.05, 4.69) is 5.32 Å². The lowest BCUT2D eigenvalue weighted by molar-refractivity contribution is -0.137. The van der Waals surface area contributed by atoms with E-state index < -0.39 is 5.97 Å². The van der Waals surface area contributed by atoms with E-state index in [1.54, 1.807) is 0 Å². The van der Waals surface area contributed by atoms with Gasteiger partial charge in [0.15, 0.2) is 0 Å². The van der Waals surface area contributed by atoms with Crippen LogP contribution in [0.25, 0.3) is 0 Å². The molecular formula is C10H19NO2. The Bertz CT molecular complexity index is 153. The van der Waals surface area contributed by atoms with Crippen LogP contribution in [0.4, 0.5) is 0 Å². The fourth-order valence-electron chi connectivity index (χ4n) is 1.84. The molecule has 0 aromatic heterocycles. The van der Waals surface area contributed by atoms with Gasteiger partial charge in [-0.2, -0.15) is 0 Å². The van der Waals surface area contributed by atoms with Crippen molar-refractivity contribution in [3.8, 4) is 0 Å². The van der Waals surface area contributed by atoms with Crippen LogP contribution in [-0.4, -0.2) is 23.7 Å². The summed E-state index contributed by atoms with van der Waals surface area (Å²) in [5, 5.41) is 11.9. The number of carboxylic acids is 1. The Kier molecular flexibility index (Phi) is 4.83. The fraction of sp³-hybridized carbons (Fsp3) is 0.900. The summed E-state index contributed by atoms with van der Waals surface area (Å²) in [4.78, 5) is 10.2. The monoisotopic (exact) mass is 185 g/mol. The molecule has 1 heterocycles. The van der Waals surface area contributed by atoms with Gasteiger partial charge >= 0.3 is 5.97 Å². The number of rotatable bonds is 5. The highest BCUT2D eigenvalue weighted by Crippen LogP contribution is 2.13. The SMILES string of the molecule is O=C(O)CCCCC1CCCCN1. The Hall–Kier alpha value is -0.570. The molecule has 0 spiro atoms. The first-order valence-corrected chi connectivity index (χ1v) is 5.24. The third-order valence-electron chi connectivity index (χ3n) is 2.61. The van der Waals surface area contributed by atoms with Crippen molar-refractivity contribution < 1.29 is 9.90 Å². The van der Waals surface area contributed by atoms with Gasteiger partial charge < -0.3 is 10.4 Å². The molecule has 2 N–H and O–H groups in total. The Labute approximate surface area is 79.5 Å². The summed E-state index contributed by atoms with van der Waals surface area (Å²) in [5.74, 6) is -0.670. The van der Waals surface area contributed by atoms with Gasteiger partial charge in [-0.15, -0.1) is 0 Å². The minimum absolute atomic E-state index is 0.326. The summed E-state index contributed by atoms with van der Waals surface area (Å²) in [7, 11) is 0. The summed E-state index contributed by atoms with van der Waals surface area (Å²) in [6, 6.07) is 0.655. The highest BCUT2D eigenvalue weighted by Gasteiger charge is 2.11. The minimum atomic E-state index is -0.670. The van der Waals surface area contributed by atoms with E-state index in [1.165, 1.54) is 19.3 Å². The number of carboxylic acid groups (broad SMARTS) is 1. The van der Waals surface area contributed by atoms with Crippen molar-refractivity contribution in [2.75, 3.05) is 6.54 Å². The van der Waals surface area contributed by atoms with Gasteiger partial charge in [0.2, 0.25) is 0 Å². The quantitative estimate of drug-likeness (QED) is 0.642. The second-order valence-corrected chi connectivity index (χ2v) is 3.79. The molecule has 1 aliphatic rings. The molecule has 1 rings (SSSR count). The maximum absolute atomic E-state index is 10.2. The van der Waals surface area contributed by atoms with Crippen LogP contribution in [0.2, 0.25) is 0 Å². The van der Waals surface area contributed by atoms with Crippen LogP contribution in [0.3, 0.4) is 0 Å². The maximum Gasteiger partial charge on any atom is 0.303 e. The molecule has 0 bridgehead atoms. The summed E-state index contributed by atoms with van der Waals surface area (Å²) in [6.45, 7) is 1.14. The standard InChI is InChI=1S/C10H19NO2/c12-10(13)7-2-1-5-9-6-3-4-8-11-9/h9,11H,1-8H2,(H,12,13). The average molecular weight is 185 g/mol. The Morgan fingerprint density at radius 3 is 2.85 bits per heavy atom. The number of nitrogens with one attached hydrogen (secondary N) is 1. The summed E-state index contributed by atoms with van der Waals surface area (Å²) in [6.07, 6.45) is 7.24. The lowest BCUT2D eigenvalue weighted by Crippen LogP contribution is -2.33. The molecule has 0 radical (unpaired) electrons. The lowest BCUT2D eigenvalue weighted by atomic mass is 9.99. The van der Waals surface area contributed by atoms with Crippen LogP contribution in [-0.2, 0) is 4.79 Å². The second-order valence-electron chi connectivity index (χ2n) is 3.79. The van der Waals surface area contributed by atoms with Crippen LogP contribution in [0.15, 0.2) is 0 Å². The predicted octanol–water partition coefficient (Wildman–Crippen LogP) is 1.77. The molecule has 0 saturated carbocycles. The molecule has 0 amide bonds. The van der Waals surface area contributed by atoms with E-state index in [1.807, 2.05) is 0 Å².